The number of nitriles is 1. The Morgan fingerprint density at radius 3 is 2.55 bits per heavy atom. The van der Waals surface area contributed by atoms with Crippen LogP contribution in [0, 0.1) is 11.3 Å². The molecule has 4 fully saturated rings. The highest BCUT2D eigenvalue weighted by Crippen LogP contribution is 2.37. The first-order valence-corrected chi connectivity index (χ1v) is 15.0. The molecule has 0 amide bonds. The Bertz CT molecular complexity index is 1650. The van der Waals surface area contributed by atoms with Gasteiger partial charge in [0.25, 0.3) is 5.92 Å². The molecular weight excluding hydrogens is 566 g/mol. The summed E-state index contributed by atoms with van der Waals surface area (Å²) >= 11 is 0. The van der Waals surface area contributed by atoms with Gasteiger partial charge in [0.1, 0.15) is 24.2 Å². The lowest BCUT2D eigenvalue weighted by atomic mass is 9.87. The molecule has 0 saturated carbocycles. The maximum atomic E-state index is 13.5. The summed E-state index contributed by atoms with van der Waals surface area (Å²) in [4.78, 5) is 16.1. The van der Waals surface area contributed by atoms with Crippen molar-refractivity contribution in [1.29, 1.82) is 5.26 Å². The van der Waals surface area contributed by atoms with Crippen molar-refractivity contribution in [3.63, 3.8) is 0 Å². The van der Waals surface area contributed by atoms with Crippen molar-refractivity contribution in [2.45, 2.75) is 43.8 Å². The van der Waals surface area contributed by atoms with E-state index in [1.54, 1.807) is 24.0 Å². The lowest BCUT2D eigenvalue weighted by molar-refractivity contribution is -0.0564. The largest absolute Gasteiger partial charge is 0.491 e. The molecule has 228 valence electrons. The zero-order valence-electron chi connectivity index (χ0n) is 24.6. The van der Waals surface area contributed by atoms with Gasteiger partial charge in [-0.2, -0.15) is 10.4 Å². The van der Waals surface area contributed by atoms with E-state index in [0.717, 1.165) is 36.6 Å². The van der Waals surface area contributed by atoms with Gasteiger partial charge in [0.15, 0.2) is 0 Å². The second-order valence-electron chi connectivity index (χ2n) is 11.8. The summed E-state index contributed by atoms with van der Waals surface area (Å²) in [7, 11) is 1.62. The average molecular weight is 601 g/mol. The molecule has 0 aliphatic carbocycles. The molecule has 44 heavy (non-hydrogen) atoms. The van der Waals surface area contributed by atoms with Gasteiger partial charge < -0.3 is 14.4 Å². The van der Waals surface area contributed by atoms with Gasteiger partial charge in [-0.1, -0.05) is 6.07 Å². The van der Waals surface area contributed by atoms with Crippen LogP contribution in [0.4, 0.5) is 14.6 Å². The number of alkyl halides is 2. The van der Waals surface area contributed by atoms with Crippen LogP contribution in [0.25, 0.3) is 16.6 Å². The quantitative estimate of drug-likeness (QED) is 0.280. The minimum atomic E-state index is -2.57. The molecule has 12 heteroatoms. The average Bonchev–Trinajstić information content (AvgIpc) is 3.47. The van der Waals surface area contributed by atoms with Crippen molar-refractivity contribution < 1.29 is 18.3 Å². The van der Waals surface area contributed by atoms with Gasteiger partial charge in [-0.3, -0.25) is 9.80 Å². The Labute approximate surface area is 254 Å². The maximum absolute atomic E-state index is 13.5. The molecule has 2 bridgehead atoms. The molecular formula is C32H34F2N8O2. The Kier molecular flexibility index (Phi) is 7.52. The van der Waals surface area contributed by atoms with Crippen LogP contribution in [0.5, 0.6) is 11.6 Å². The van der Waals surface area contributed by atoms with Crippen molar-refractivity contribution >= 4 is 11.3 Å². The van der Waals surface area contributed by atoms with Gasteiger partial charge in [-0.25, -0.2) is 23.3 Å². The number of methoxy groups -OCH3 is 1. The highest BCUT2D eigenvalue weighted by atomic mass is 19.3. The number of ether oxygens (including phenoxy) is 2. The number of rotatable bonds is 9. The van der Waals surface area contributed by atoms with Crippen LogP contribution in [0.15, 0.2) is 55.1 Å². The summed E-state index contributed by atoms with van der Waals surface area (Å²) in [5, 5.41) is 14.1. The van der Waals surface area contributed by atoms with E-state index in [1.165, 1.54) is 12.0 Å². The van der Waals surface area contributed by atoms with Gasteiger partial charge in [-0.05, 0) is 30.2 Å². The lowest BCUT2D eigenvalue weighted by Gasteiger charge is -2.56. The van der Waals surface area contributed by atoms with E-state index < -0.39 is 5.92 Å². The lowest BCUT2D eigenvalue weighted by Crippen LogP contribution is -2.68. The minimum absolute atomic E-state index is 0.116. The number of piperazine rings is 1. The molecule has 10 nitrogen and oxygen atoms in total. The molecule has 8 rings (SSSR count). The van der Waals surface area contributed by atoms with Gasteiger partial charge >= 0.3 is 0 Å². The summed E-state index contributed by atoms with van der Waals surface area (Å²) in [6.45, 7) is 4.35. The Hall–Kier alpha value is -4.34. The predicted molar refractivity (Wildman–Crippen MR) is 160 cm³/mol. The summed E-state index contributed by atoms with van der Waals surface area (Å²) < 4.78 is 39.9. The summed E-state index contributed by atoms with van der Waals surface area (Å²) in [6, 6.07) is 13.1. The third-order valence-corrected chi connectivity index (χ3v) is 9.07. The fraction of sp³-hybridized carbons (Fsp3) is 0.438. The topological polar surface area (TPSA) is 95.1 Å². The molecule has 4 aliphatic rings. The summed E-state index contributed by atoms with van der Waals surface area (Å²) in [6.07, 6.45) is 7.98. The van der Waals surface area contributed by atoms with Crippen molar-refractivity contribution in [1.82, 2.24) is 29.4 Å². The van der Waals surface area contributed by atoms with Crippen LogP contribution in [-0.4, -0.2) is 93.8 Å². The van der Waals surface area contributed by atoms with Crippen molar-refractivity contribution in [3.05, 3.63) is 66.2 Å². The smallest absolute Gasteiger partial charge is 0.250 e. The second kappa shape index (κ2) is 11.6. The second-order valence-corrected chi connectivity index (χ2v) is 11.8. The van der Waals surface area contributed by atoms with Crippen LogP contribution < -0.4 is 14.4 Å². The third-order valence-electron chi connectivity index (χ3n) is 9.07. The summed E-state index contributed by atoms with van der Waals surface area (Å²) in [5.74, 6) is -0.419. The van der Waals surface area contributed by atoms with E-state index >= 15 is 0 Å². The van der Waals surface area contributed by atoms with Crippen molar-refractivity contribution in [3.8, 4) is 28.8 Å². The number of pyridine rings is 3. The van der Waals surface area contributed by atoms with Crippen molar-refractivity contribution in [2.24, 2.45) is 0 Å². The normalized spacial score (nSPS) is 21.5. The number of nitrogens with zero attached hydrogens (tertiary/aromatic N) is 8. The summed E-state index contributed by atoms with van der Waals surface area (Å²) in [5.41, 5.74) is 4.00. The van der Waals surface area contributed by atoms with Gasteiger partial charge in [0, 0.05) is 93.8 Å². The number of aromatic nitrogens is 4. The number of piperidine rings is 2. The molecule has 0 spiro atoms. The molecule has 4 aromatic heterocycles. The first-order valence-electron chi connectivity index (χ1n) is 15.0. The maximum Gasteiger partial charge on any atom is 0.250 e. The highest BCUT2D eigenvalue weighted by molar-refractivity contribution is 5.85. The number of anilines is 1. The zero-order chi connectivity index (χ0) is 30.3. The number of halogens is 2. The SMILES string of the molecule is COc1ccc(CN2C3CC2CN(c2ccc(-c4cc(OCCN5CCC(F)(F)CC5)cn5ncc(C#N)c45)cn2)C3)cn1. The van der Waals surface area contributed by atoms with E-state index in [4.69, 9.17) is 14.5 Å². The van der Waals surface area contributed by atoms with Crippen LogP contribution in [0.3, 0.4) is 0 Å². The molecule has 0 N–H and O–H groups in total. The molecule has 2 atom stereocenters. The zero-order valence-corrected chi connectivity index (χ0v) is 24.6. The first-order chi connectivity index (χ1) is 21.4. The molecule has 4 aliphatic heterocycles. The van der Waals surface area contributed by atoms with Crippen LogP contribution in [0.2, 0.25) is 0 Å². The molecule has 8 heterocycles. The third kappa shape index (κ3) is 5.65. The van der Waals surface area contributed by atoms with E-state index in [2.05, 4.69) is 32.0 Å². The van der Waals surface area contributed by atoms with E-state index in [-0.39, 0.29) is 12.8 Å². The molecule has 0 radical (unpaired) electrons. The number of fused-ring (bicyclic) bond motifs is 3. The van der Waals surface area contributed by atoms with Crippen LogP contribution in [-0.2, 0) is 6.54 Å². The van der Waals surface area contributed by atoms with Crippen LogP contribution >= 0.6 is 0 Å². The minimum Gasteiger partial charge on any atom is -0.491 e. The van der Waals surface area contributed by atoms with Crippen molar-refractivity contribution in [2.75, 3.05) is 51.3 Å². The Balaban J connectivity index is 1.03. The van der Waals surface area contributed by atoms with Gasteiger partial charge in [-0.15, -0.1) is 0 Å². The first kappa shape index (κ1) is 28.4. The van der Waals surface area contributed by atoms with Crippen LogP contribution in [0.1, 0.15) is 30.4 Å². The molecule has 0 aromatic carbocycles. The Morgan fingerprint density at radius 2 is 1.86 bits per heavy atom. The fourth-order valence-electron chi connectivity index (χ4n) is 6.58. The number of likely N-dealkylation sites (tertiary alicyclic amines) is 1. The van der Waals surface area contributed by atoms with Gasteiger partial charge in [0.2, 0.25) is 5.88 Å². The molecule has 4 aromatic rings. The number of hydrogen-bond donors (Lipinski definition) is 0. The number of hydrogen-bond acceptors (Lipinski definition) is 9. The fourth-order valence-corrected chi connectivity index (χ4v) is 6.58. The standard InChI is InChI=1S/C32H34F2N8O2/c1-43-30-5-2-22(15-37-30)18-41-25-12-26(41)20-40(19-25)29-4-3-23(16-36-29)28-13-27(21-42-31(28)24(14-35)17-38-42)44-11-10-39-8-6-32(33,34)7-9-39/h2-5,13,15-17,21,25-26H,6-12,18-20H2,1H3. The monoisotopic (exact) mass is 600 g/mol. The van der Waals surface area contributed by atoms with Gasteiger partial charge in [0.05, 0.1) is 30.6 Å². The Morgan fingerprint density at radius 1 is 1.05 bits per heavy atom. The van der Waals surface area contributed by atoms with E-state index in [9.17, 15) is 14.0 Å². The molecule has 2 unspecified atom stereocenters. The predicted octanol–water partition coefficient (Wildman–Crippen LogP) is 4.24. The highest BCUT2D eigenvalue weighted by Gasteiger charge is 2.44. The molecule has 4 saturated heterocycles. The van der Waals surface area contributed by atoms with E-state index in [1.807, 2.05) is 41.6 Å². The van der Waals surface area contributed by atoms with E-state index in [0.29, 0.717) is 61.0 Å².